The molecule has 0 fully saturated rings. The molecule has 0 aliphatic carbocycles. The third-order valence-electron chi connectivity index (χ3n) is 3.36. The van der Waals surface area contributed by atoms with Crippen LogP contribution in [0.4, 0.5) is 10.1 Å². The van der Waals surface area contributed by atoms with E-state index in [4.69, 9.17) is 22.1 Å². The second-order valence-electron chi connectivity index (χ2n) is 4.99. The maximum Gasteiger partial charge on any atom is 0.262 e. The van der Waals surface area contributed by atoms with Crippen molar-refractivity contribution in [2.24, 2.45) is 5.73 Å². The minimum Gasteiger partial charge on any atom is -0.496 e. The first-order valence-corrected chi connectivity index (χ1v) is 7.49. The Morgan fingerprint density at radius 2 is 1.88 bits per heavy atom. The number of methoxy groups -OCH3 is 1. The molecule has 2 amide bonds. The Morgan fingerprint density at radius 1 is 1.21 bits per heavy atom. The molecule has 5 nitrogen and oxygen atoms in total. The first-order chi connectivity index (χ1) is 11.4. The molecule has 2 N–H and O–H groups in total. The molecule has 0 saturated heterocycles. The Balaban J connectivity index is 2.42. The number of ether oxygens (including phenoxy) is 1. The third-order valence-corrected chi connectivity index (χ3v) is 3.59. The van der Waals surface area contributed by atoms with Crippen molar-refractivity contribution in [3.05, 3.63) is 58.9 Å². The van der Waals surface area contributed by atoms with Gasteiger partial charge in [-0.3, -0.25) is 9.59 Å². The fourth-order valence-electron chi connectivity index (χ4n) is 2.18. The van der Waals surface area contributed by atoms with Gasteiger partial charge in [-0.2, -0.15) is 0 Å². The van der Waals surface area contributed by atoms with Crippen molar-refractivity contribution < 1.29 is 18.7 Å². The molecular weight excluding hydrogens is 335 g/mol. The number of primary amides is 1. The molecule has 24 heavy (non-hydrogen) atoms. The van der Waals surface area contributed by atoms with Gasteiger partial charge in [-0.1, -0.05) is 11.6 Å². The Kier molecular flexibility index (Phi) is 5.76. The van der Waals surface area contributed by atoms with Crippen molar-refractivity contribution >= 4 is 29.1 Å². The highest BCUT2D eigenvalue weighted by molar-refractivity contribution is 6.31. The van der Waals surface area contributed by atoms with E-state index in [-0.39, 0.29) is 18.5 Å². The number of benzene rings is 2. The van der Waals surface area contributed by atoms with Gasteiger partial charge in [0.1, 0.15) is 11.6 Å². The largest absolute Gasteiger partial charge is 0.496 e. The Morgan fingerprint density at radius 3 is 2.46 bits per heavy atom. The fourth-order valence-corrected chi connectivity index (χ4v) is 2.36. The fraction of sp³-hybridized carbons (Fsp3) is 0.176. The lowest BCUT2D eigenvalue weighted by Gasteiger charge is -2.23. The van der Waals surface area contributed by atoms with Crippen LogP contribution >= 0.6 is 11.6 Å². The van der Waals surface area contributed by atoms with Gasteiger partial charge in [0.05, 0.1) is 12.7 Å². The molecule has 0 unspecified atom stereocenters. The first-order valence-electron chi connectivity index (χ1n) is 7.11. The average Bonchev–Trinajstić information content (AvgIpc) is 2.56. The van der Waals surface area contributed by atoms with Crippen molar-refractivity contribution in [1.82, 2.24) is 0 Å². The van der Waals surface area contributed by atoms with E-state index in [1.54, 1.807) is 12.1 Å². The van der Waals surface area contributed by atoms with Crippen LogP contribution in [0.3, 0.4) is 0 Å². The van der Waals surface area contributed by atoms with Gasteiger partial charge in [0.2, 0.25) is 5.91 Å². The number of rotatable bonds is 6. The minimum absolute atomic E-state index is 0.0357. The van der Waals surface area contributed by atoms with E-state index in [1.807, 2.05) is 0 Å². The number of hydrogen-bond donors (Lipinski definition) is 1. The van der Waals surface area contributed by atoms with Crippen LogP contribution < -0.4 is 15.4 Å². The number of carbonyl (C=O) groups is 2. The van der Waals surface area contributed by atoms with Crippen molar-refractivity contribution in [1.29, 1.82) is 0 Å². The Hall–Kier alpha value is -2.60. The molecule has 2 aromatic rings. The summed E-state index contributed by atoms with van der Waals surface area (Å²) in [6.07, 6.45) is -0.0357. The van der Waals surface area contributed by atoms with Crippen LogP contribution in [-0.4, -0.2) is 25.5 Å². The van der Waals surface area contributed by atoms with Crippen molar-refractivity contribution in [2.45, 2.75) is 6.42 Å². The average molecular weight is 351 g/mol. The molecule has 0 radical (unpaired) electrons. The lowest BCUT2D eigenvalue weighted by atomic mass is 10.1. The summed E-state index contributed by atoms with van der Waals surface area (Å²) in [5, 5.41) is 0.369. The molecule has 0 spiro atoms. The van der Waals surface area contributed by atoms with E-state index in [2.05, 4.69) is 0 Å². The van der Waals surface area contributed by atoms with Gasteiger partial charge in [-0.15, -0.1) is 0 Å². The standard InChI is InChI=1S/C17H16ClFN2O3/c1-24-15-7-2-11(18)10-14(15)17(23)21(9-8-16(20)22)13-5-3-12(19)4-6-13/h2-7,10H,8-9H2,1H3,(H2,20,22). The molecular formula is C17H16ClFN2O3. The molecule has 0 aliphatic heterocycles. The van der Waals surface area contributed by atoms with Crippen molar-refractivity contribution in [3.8, 4) is 5.75 Å². The number of nitrogens with two attached hydrogens (primary N) is 1. The first kappa shape index (κ1) is 17.7. The molecule has 2 rings (SSSR count). The number of hydrogen-bond acceptors (Lipinski definition) is 3. The maximum absolute atomic E-state index is 13.1. The summed E-state index contributed by atoms with van der Waals surface area (Å²) in [4.78, 5) is 25.4. The van der Waals surface area contributed by atoms with E-state index in [0.717, 1.165) is 0 Å². The zero-order chi connectivity index (χ0) is 17.7. The highest BCUT2D eigenvalue weighted by Crippen LogP contribution is 2.26. The normalized spacial score (nSPS) is 10.3. The summed E-state index contributed by atoms with van der Waals surface area (Å²) < 4.78 is 18.3. The van der Waals surface area contributed by atoms with Gasteiger partial charge in [0, 0.05) is 23.7 Å². The topological polar surface area (TPSA) is 72.6 Å². The summed E-state index contributed by atoms with van der Waals surface area (Å²) >= 11 is 5.97. The number of amides is 2. The molecule has 7 heteroatoms. The Labute approximate surface area is 143 Å². The smallest absolute Gasteiger partial charge is 0.262 e. The van der Waals surface area contributed by atoms with Gasteiger partial charge in [0.25, 0.3) is 5.91 Å². The zero-order valence-electron chi connectivity index (χ0n) is 13.0. The predicted octanol–water partition coefficient (Wildman–Crippen LogP) is 3.01. The van der Waals surface area contributed by atoms with Gasteiger partial charge in [-0.05, 0) is 42.5 Å². The lowest BCUT2D eigenvalue weighted by molar-refractivity contribution is -0.117. The van der Waals surface area contributed by atoms with Crippen LogP contribution in [-0.2, 0) is 4.79 Å². The number of nitrogens with zero attached hydrogens (tertiary/aromatic N) is 1. The predicted molar refractivity (Wildman–Crippen MR) is 89.9 cm³/mol. The van der Waals surface area contributed by atoms with Gasteiger partial charge >= 0.3 is 0 Å². The van der Waals surface area contributed by atoms with Gasteiger partial charge < -0.3 is 15.4 Å². The number of carbonyl (C=O) groups excluding carboxylic acids is 2. The van der Waals surface area contributed by atoms with Crippen LogP contribution in [0.2, 0.25) is 5.02 Å². The summed E-state index contributed by atoms with van der Waals surface area (Å²) in [6, 6.07) is 10.0. The molecule has 126 valence electrons. The summed E-state index contributed by atoms with van der Waals surface area (Å²) in [5.41, 5.74) is 5.85. The summed E-state index contributed by atoms with van der Waals surface area (Å²) in [6.45, 7) is 0.0511. The van der Waals surface area contributed by atoms with Gasteiger partial charge in [0.15, 0.2) is 0 Å². The molecule has 0 saturated carbocycles. The molecule has 2 aromatic carbocycles. The highest BCUT2D eigenvalue weighted by atomic mass is 35.5. The second kappa shape index (κ2) is 7.79. The third kappa shape index (κ3) is 4.23. The van der Waals surface area contributed by atoms with Crippen LogP contribution in [0, 0.1) is 5.82 Å². The van der Waals surface area contributed by atoms with Crippen LogP contribution in [0.1, 0.15) is 16.8 Å². The van der Waals surface area contributed by atoms with E-state index < -0.39 is 17.6 Å². The van der Waals surface area contributed by atoms with Crippen LogP contribution in [0.25, 0.3) is 0 Å². The number of anilines is 1. The monoisotopic (exact) mass is 350 g/mol. The SMILES string of the molecule is COc1ccc(Cl)cc1C(=O)N(CCC(N)=O)c1ccc(F)cc1. The van der Waals surface area contributed by atoms with E-state index >= 15 is 0 Å². The van der Waals surface area contributed by atoms with Crippen LogP contribution in [0.5, 0.6) is 5.75 Å². The van der Waals surface area contributed by atoms with E-state index in [0.29, 0.717) is 16.5 Å². The summed E-state index contributed by atoms with van der Waals surface area (Å²) in [7, 11) is 1.44. The summed E-state index contributed by atoms with van der Waals surface area (Å²) in [5.74, 6) is -1.06. The maximum atomic E-state index is 13.1. The molecule has 0 aliphatic rings. The number of halogens is 2. The van der Waals surface area contributed by atoms with E-state index in [1.165, 1.54) is 42.3 Å². The second-order valence-corrected chi connectivity index (χ2v) is 5.43. The lowest BCUT2D eigenvalue weighted by Crippen LogP contribution is -2.34. The Bertz CT molecular complexity index is 750. The van der Waals surface area contributed by atoms with E-state index in [9.17, 15) is 14.0 Å². The van der Waals surface area contributed by atoms with Crippen LogP contribution in [0.15, 0.2) is 42.5 Å². The molecule has 0 bridgehead atoms. The zero-order valence-corrected chi connectivity index (χ0v) is 13.7. The van der Waals surface area contributed by atoms with Crippen molar-refractivity contribution in [2.75, 3.05) is 18.6 Å². The molecule has 0 heterocycles. The quantitative estimate of drug-likeness (QED) is 0.870. The minimum atomic E-state index is -0.548. The highest BCUT2D eigenvalue weighted by Gasteiger charge is 2.22. The van der Waals surface area contributed by atoms with Crippen molar-refractivity contribution in [3.63, 3.8) is 0 Å². The molecule has 0 aromatic heterocycles. The van der Waals surface area contributed by atoms with Gasteiger partial charge in [-0.25, -0.2) is 4.39 Å². The molecule has 0 atom stereocenters.